The number of thiophene rings is 1. The molecule has 0 aliphatic heterocycles. The van der Waals surface area contributed by atoms with Crippen LogP contribution in [0.2, 0.25) is 0 Å². The predicted octanol–water partition coefficient (Wildman–Crippen LogP) is 4.63. The van der Waals surface area contributed by atoms with Gasteiger partial charge >= 0.3 is 0 Å². The van der Waals surface area contributed by atoms with Gasteiger partial charge in [0.15, 0.2) is 0 Å². The number of hydrogen-bond acceptors (Lipinski definition) is 2. The van der Waals surface area contributed by atoms with E-state index in [2.05, 4.69) is 18.2 Å². The first-order chi connectivity index (χ1) is 7.86. The van der Waals surface area contributed by atoms with Gasteiger partial charge in [-0.2, -0.15) is 0 Å². The van der Waals surface area contributed by atoms with Crippen LogP contribution in [0.1, 0.15) is 5.76 Å². The average Bonchev–Trinajstić information content (AvgIpc) is 2.95. The van der Waals surface area contributed by atoms with Crippen molar-refractivity contribution in [3.05, 3.63) is 48.2 Å². The topological polar surface area (TPSA) is 13.1 Å². The molecule has 0 aliphatic rings. The fourth-order valence-corrected chi connectivity index (χ4v) is 2.71. The monoisotopic (exact) mass is 232 g/mol. The summed E-state index contributed by atoms with van der Waals surface area (Å²) in [6.07, 6.45) is 0. The Hall–Kier alpha value is -1.61. The van der Waals surface area contributed by atoms with Gasteiger partial charge in [0.1, 0.15) is 18.2 Å². The molecule has 0 amide bonds. The normalized spacial score (nSPS) is 11.1. The molecule has 0 saturated carbocycles. The maximum atomic E-state index is 12.4. The third kappa shape index (κ3) is 1.53. The Labute approximate surface area is 96.1 Å². The Bertz CT molecular complexity index is 590. The summed E-state index contributed by atoms with van der Waals surface area (Å²) in [6, 6.07) is 13.7. The highest BCUT2D eigenvalue weighted by atomic mass is 32.1. The van der Waals surface area contributed by atoms with Crippen LogP contribution >= 0.6 is 11.3 Å². The molecule has 1 aromatic carbocycles. The van der Waals surface area contributed by atoms with Gasteiger partial charge in [0.25, 0.3) is 0 Å². The lowest BCUT2D eigenvalue weighted by Gasteiger charge is -1.88. The molecule has 3 aromatic rings. The SMILES string of the molecule is FCc1ccc(-c2cc3ccccc3s2)o1. The van der Waals surface area contributed by atoms with Gasteiger partial charge in [0, 0.05) is 4.70 Å². The van der Waals surface area contributed by atoms with E-state index in [1.54, 1.807) is 17.4 Å². The smallest absolute Gasteiger partial charge is 0.147 e. The van der Waals surface area contributed by atoms with Gasteiger partial charge in [-0.05, 0) is 29.7 Å². The minimum Gasteiger partial charge on any atom is -0.457 e. The lowest BCUT2D eigenvalue weighted by atomic mass is 10.2. The van der Waals surface area contributed by atoms with Gasteiger partial charge < -0.3 is 4.42 Å². The minimum absolute atomic E-state index is 0.382. The molecule has 0 spiro atoms. The van der Waals surface area contributed by atoms with Crippen LogP contribution in [-0.2, 0) is 6.67 Å². The molecule has 3 rings (SSSR count). The summed E-state index contributed by atoms with van der Waals surface area (Å²) in [5.74, 6) is 1.13. The molecular formula is C13H9FOS. The van der Waals surface area contributed by atoms with E-state index in [4.69, 9.17) is 4.42 Å². The molecule has 2 heterocycles. The summed E-state index contributed by atoms with van der Waals surface area (Å²) in [6.45, 7) is -0.551. The molecule has 80 valence electrons. The molecule has 1 nitrogen and oxygen atoms in total. The number of alkyl halides is 1. The van der Waals surface area contributed by atoms with Crippen LogP contribution in [0.5, 0.6) is 0 Å². The lowest BCUT2D eigenvalue weighted by Crippen LogP contribution is -1.67. The fourth-order valence-electron chi connectivity index (χ4n) is 1.69. The Morgan fingerprint density at radius 2 is 2.00 bits per heavy atom. The number of rotatable bonds is 2. The number of furan rings is 1. The van der Waals surface area contributed by atoms with Crippen LogP contribution in [0, 0.1) is 0 Å². The van der Waals surface area contributed by atoms with Gasteiger partial charge in [-0.25, -0.2) is 4.39 Å². The Morgan fingerprint density at radius 3 is 2.75 bits per heavy atom. The van der Waals surface area contributed by atoms with Crippen molar-refractivity contribution in [2.45, 2.75) is 6.67 Å². The van der Waals surface area contributed by atoms with Crippen molar-refractivity contribution in [1.29, 1.82) is 0 Å². The number of benzene rings is 1. The molecule has 16 heavy (non-hydrogen) atoms. The Balaban J connectivity index is 2.11. The van der Waals surface area contributed by atoms with Gasteiger partial charge in [0.2, 0.25) is 0 Å². The summed E-state index contributed by atoms with van der Waals surface area (Å²) in [4.78, 5) is 1.04. The molecule has 0 radical (unpaired) electrons. The van der Waals surface area contributed by atoms with E-state index < -0.39 is 6.67 Å². The first-order valence-electron chi connectivity index (χ1n) is 5.00. The van der Waals surface area contributed by atoms with Crippen LogP contribution in [0.3, 0.4) is 0 Å². The van der Waals surface area contributed by atoms with E-state index >= 15 is 0 Å². The molecule has 0 unspecified atom stereocenters. The van der Waals surface area contributed by atoms with Crippen LogP contribution in [0.4, 0.5) is 4.39 Å². The van der Waals surface area contributed by atoms with Gasteiger partial charge in [0.05, 0.1) is 4.88 Å². The number of halogens is 1. The van der Waals surface area contributed by atoms with E-state index in [-0.39, 0.29) is 0 Å². The first-order valence-corrected chi connectivity index (χ1v) is 5.82. The molecule has 0 bridgehead atoms. The highest BCUT2D eigenvalue weighted by Crippen LogP contribution is 2.34. The lowest BCUT2D eigenvalue weighted by molar-refractivity contribution is 0.398. The average molecular weight is 232 g/mol. The van der Waals surface area contributed by atoms with E-state index in [0.29, 0.717) is 5.76 Å². The van der Waals surface area contributed by atoms with Gasteiger partial charge in [-0.15, -0.1) is 11.3 Å². The quantitative estimate of drug-likeness (QED) is 0.627. The van der Waals surface area contributed by atoms with Crippen molar-refractivity contribution in [2.24, 2.45) is 0 Å². The first kappa shape index (κ1) is 9.60. The van der Waals surface area contributed by atoms with E-state index in [9.17, 15) is 4.39 Å². The minimum atomic E-state index is -0.551. The second kappa shape index (κ2) is 3.76. The summed E-state index contributed by atoms with van der Waals surface area (Å²) < 4.78 is 19.0. The molecule has 3 heteroatoms. The van der Waals surface area contributed by atoms with Crippen molar-refractivity contribution >= 4 is 21.4 Å². The van der Waals surface area contributed by atoms with Crippen molar-refractivity contribution in [3.8, 4) is 10.6 Å². The molecule has 2 aromatic heterocycles. The van der Waals surface area contributed by atoms with Crippen LogP contribution in [0.25, 0.3) is 20.7 Å². The number of hydrogen-bond donors (Lipinski definition) is 0. The maximum absolute atomic E-state index is 12.4. The second-order valence-electron chi connectivity index (χ2n) is 3.55. The highest BCUT2D eigenvalue weighted by molar-refractivity contribution is 7.22. The van der Waals surface area contributed by atoms with Crippen LogP contribution < -0.4 is 0 Å². The largest absolute Gasteiger partial charge is 0.457 e. The van der Waals surface area contributed by atoms with Gasteiger partial charge in [-0.3, -0.25) is 0 Å². The molecule has 0 fully saturated rings. The van der Waals surface area contributed by atoms with Crippen molar-refractivity contribution in [2.75, 3.05) is 0 Å². The Kier molecular flexibility index (Phi) is 2.26. The zero-order valence-corrected chi connectivity index (χ0v) is 9.26. The molecule has 0 aliphatic carbocycles. The summed E-state index contributed by atoms with van der Waals surface area (Å²) in [5, 5.41) is 1.20. The number of fused-ring (bicyclic) bond motifs is 1. The fraction of sp³-hybridized carbons (Fsp3) is 0.0769. The van der Waals surface area contributed by atoms with Crippen LogP contribution in [0.15, 0.2) is 46.9 Å². The van der Waals surface area contributed by atoms with E-state index in [1.165, 1.54) is 10.1 Å². The zero-order chi connectivity index (χ0) is 11.0. The molecule has 0 saturated heterocycles. The summed E-state index contributed by atoms with van der Waals surface area (Å²) in [5.41, 5.74) is 0. The zero-order valence-electron chi connectivity index (χ0n) is 8.44. The summed E-state index contributed by atoms with van der Waals surface area (Å²) in [7, 11) is 0. The van der Waals surface area contributed by atoms with E-state index in [1.807, 2.05) is 18.2 Å². The second-order valence-corrected chi connectivity index (χ2v) is 4.63. The van der Waals surface area contributed by atoms with Crippen molar-refractivity contribution in [3.63, 3.8) is 0 Å². The molecular weight excluding hydrogens is 223 g/mol. The Morgan fingerprint density at radius 1 is 1.12 bits per heavy atom. The molecule has 0 atom stereocenters. The summed E-state index contributed by atoms with van der Waals surface area (Å²) >= 11 is 1.66. The maximum Gasteiger partial charge on any atom is 0.147 e. The van der Waals surface area contributed by atoms with Crippen LogP contribution in [-0.4, -0.2) is 0 Å². The third-order valence-corrected chi connectivity index (χ3v) is 3.59. The standard InChI is InChI=1S/C13H9FOS/c14-8-10-5-6-11(15-10)13-7-9-3-1-2-4-12(9)16-13/h1-7H,8H2. The van der Waals surface area contributed by atoms with Crippen molar-refractivity contribution in [1.82, 2.24) is 0 Å². The highest BCUT2D eigenvalue weighted by Gasteiger charge is 2.08. The van der Waals surface area contributed by atoms with Gasteiger partial charge in [-0.1, -0.05) is 18.2 Å². The molecule has 0 N–H and O–H groups in total. The van der Waals surface area contributed by atoms with E-state index in [0.717, 1.165) is 10.6 Å². The predicted molar refractivity (Wildman–Crippen MR) is 64.3 cm³/mol. The third-order valence-electron chi connectivity index (χ3n) is 2.46. The van der Waals surface area contributed by atoms with Crippen molar-refractivity contribution < 1.29 is 8.81 Å².